The number of rotatable bonds is 5. The molecule has 142 valence electrons. The Hall–Kier alpha value is -2.12. The van der Waals surface area contributed by atoms with Crippen molar-refractivity contribution in [1.82, 2.24) is 15.8 Å². The van der Waals surface area contributed by atoms with E-state index in [2.05, 4.69) is 24.7 Å². The van der Waals surface area contributed by atoms with Crippen molar-refractivity contribution in [3.05, 3.63) is 30.3 Å². The van der Waals surface area contributed by atoms with Gasteiger partial charge in [-0.1, -0.05) is 32.0 Å². The highest BCUT2D eigenvalue weighted by Crippen LogP contribution is 2.30. The van der Waals surface area contributed by atoms with E-state index < -0.39 is 11.6 Å². The first-order valence-corrected chi connectivity index (χ1v) is 9.18. The van der Waals surface area contributed by atoms with Crippen LogP contribution in [0.15, 0.2) is 30.3 Å². The maximum Gasteiger partial charge on any atom is 0.348 e. The summed E-state index contributed by atoms with van der Waals surface area (Å²) >= 11 is 0. The number of carboxylic acids is 1. The SMILES string of the molecule is CC(C)C1CC(C(=O)N2CCC(Oc3ccccc3)(C(=O)O)CC2)NN1. The number of hydrogen-bond acceptors (Lipinski definition) is 5. The van der Waals surface area contributed by atoms with E-state index >= 15 is 0 Å². The standard InChI is InChI=1S/C19H27N3O4/c1-13(2)15-12-16(21-20-15)17(23)22-10-8-19(9-11-22,18(24)25)26-14-6-4-3-5-7-14/h3-7,13,15-16,20-21H,8-12H2,1-2H3,(H,24,25). The molecule has 2 unspecified atom stereocenters. The lowest BCUT2D eigenvalue weighted by Gasteiger charge is -2.39. The molecule has 2 atom stereocenters. The number of carboxylic acid groups (broad SMARTS) is 1. The summed E-state index contributed by atoms with van der Waals surface area (Å²) in [4.78, 5) is 26.4. The number of nitrogens with one attached hydrogen (secondary N) is 2. The van der Waals surface area contributed by atoms with Gasteiger partial charge in [0.25, 0.3) is 0 Å². The highest BCUT2D eigenvalue weighted by Gasteiger charge is 2.46. The molecule has 0 aliphatic carbocycles. The molecule has 26 heavy (non-hydrogen) atoms. The van der Waals surface area contributed by atoms with Gasteiger partial charge >= 0.3 is 5.97 Å². The van der Waals surface area contributed by atoms with Crippen LogP contribution in [0.5, 0.6) is 5.75 Å². The third kappa shape index (κ3) is 3.83. The number of nitrogens with zero attached hydrogens (tertiary/aromatic N) is 1. The van der Waals surface area contributed by atoms with Crippen molar-refractivity contribution >= 4 is 11.9 Å². The van der Waals surface area contributed by atoms with Crippen molar-refractivity contribution in [2.75, 3.05) is 13.1 Å². The summed E-state index contributed by atoms with van der Waals surface area (Å²) in [5.41, 5.74) is 4.98. The molecule has 0 aromatic heterocycles. The number of amides is 1. The Morgan fingerprint density at radius 1 is 1.19 bits per heavy atom. The number of likely N-dealkylation sites (tertiary alicyclic amines) is 1. The Morgan fingerprint density at radius 2 is 1.85 bits per heavy atom. The summed E-state index contributed by atoms with van der Waals surface area (Å²) in [6.45, 7) is 5.00. The number of carbonyl (C=O) groups excluding carboxylic acids is 1. The van der Waals surface area contributed by atoms with Crippen molar-refractivity contribution in [2.24, 2.45) is 5.92 Å². The van der Waals surface area contributed by atoms with Crippen LogP contribution in [-0.2, 0) is 9.59 Å². The monoisotopic (exact) mass is 361 g/mol. The number of ether oxygens (including phenoxy) is 1. The average molecular weight is 361 g/mol. The zero-order valence-corrected chi connectivity index (χ0v) is 15.3. The quantitative estimate of drug-likeness (QED) is 0.734. The summed E-state index contributed by atoms with van der Waals surface area (Å²) < 4.78 is 5.84. The first-order valence-electron chi connectivity index (χ1n) is 9.18. The van der Waals surface area contributed by atoms with E-state index in [4.69, 9.17) is 4.74 Å². The third-order valence-electron chi connectivity index (χ3n) is 5.36. The number of hydrazine groups is 1. The van der Waals surface area contributed by atoms with E-state index in [0.29, 0.717) is 24.8 Å². The van der Waals surface area contributed by atoms with Crippen LogP contribution in [0.1, 0.15) is 33.1 Å². The second-order valence-electron chi connectivity index (χ2n) is 7.47. The predicted octanol–water partition coefficient (Wildman–Crippen LogP) is 1.40. The van der Waals surface area contributed by atoms with Gasteiger partial charge in [0.1, 0.15) is 11.8 Å². The number of benzene rings is 1. The van der Waals surface area contributed by atoms with Gasteiger partial charge in [0.15, 0.2) is 0 Å². The lowest BCUT2D eigenvalue weighted by molar-refractivity contribution is -0.162. The fourth-order valence-corrected chi connectivity index (χ4v) is 3.56. The molecular formula is C19H27N3O4. The minimum absolute atomic E-state index is 0.0272. The normalized spacial score (nSPS) is 25.3. The van der Waals surface area contributed by atoms with Gasteiger partial charge in [-0.15, -0.1) is 0 Å². The van der Waals surface area contributed by atoms with Crippen LogP contribution in [-0.4, -0.2) is 52.7 Å². The number of aliphatic carboxylic acids is 1. The molecule has 2 heterocycles. The van der Waals surface area contributed by atoms with E-state index in [9.17, 15) is 14.7 Å². The molecular weight excluding hydrogens is 334 g/mol. The smallest absolute Gasteiger partial charge is 0.348 e. The number of carbonyl (C=O) groups is 2. The predicted molar refractivity (Wildman–Crippen MR) is 96.6 cm³/mol. The molecule has 2 fully saturated rings. The Morgan fingerprint density at radius 3 is 2.38 bits per heavy atom. The van der Waals surface area contributed by atoms with E-state index in [-0.39, 0.29) is 30.8 Å². The average Bonchev–Trinajstić information content (AvgIpc) is 3.13. The zero-order valence-electron chi connectivity index (χ0n) is 15.3. The molecule has 7 heteroatoms. The van der Waals surface area contributed by atoms with Crippen LogP contribution in [0, 0.1) is 5.92 Å². The van der Waals surface area contributed by atoms with E-state index in [1.54, 1.807) is 17.0 Å². The van der Waals surface area contributed by atoms with Crippen molar-refractivity contribution < 1.29 is 19.4 Å². The summed E-state index contributed by atoms with van der Waals surface area (Å²) in [5, 5.41) is 9.73. The zero-order chi connectivity index (χ0) is 18.7. The Bertz CT molecular complexity index is 641. The van der Waals surface area contributed by atoms with E-state index in [1.165, 1.54) is 0 Å². The largest absolute Gasteiger partial charge is 0.478 e. The molecule has 3 rings (SSSR count). The molecule has 0 bridgehead atoms. The lowest BCUT2D eigenvalue weighted by Crippen LogP contribution is -2.56. The maximum absolute atomic E-state index is 12.7. The van der Waals surface area contributed by atoms with Crippen molar-refractivity contribution in [1.29, 1.82) is 0 Å². The van der Waals surface area contributed by atoms with Crippen molar-refractivity contribution in [3.63, 3.8) is 0 Å². The summed E-state index contributed by atoms with van der Waals surface area (Å²) in [5.74, 6) is 0.0324. The summed E-state index contributed by atoms with van der Waals surface area (Å²) in [6.07, 6.45) is 1.30. The highest BCUT2D eigenvalue weighted by molar-refractivity contribution is 5.83. The molecule has 1 aromatic rings. The molecule has 2 saturated heterocycles. The van der Waals surface area contributed by atoms with E-state index in [0.717, 1.165) is 6.42 Å². The number of piperidine rings is 1. The molecule has 0 saturated carbocycles. The number of hydrogen-bond donors (Lipinski definition) is 3. The fraction of sp³-hybridized carbons (Fsp3) is 0.579. The van der Waals surface area contributed by atoms with Gasteiger partial charge in [0.2, 0.25) is 11.5 Å². The van der Waals surface area contributed by atoms with Crippen LogP contribution >= 0.6 is 0 Å². The van der Waals surface area contributed by atoms with E-state index in [1.807, 2.05) is 18.2 Å². The Kier molecular flexibility index (Phi) is 5.48. The fourth-order valence-electron chi connectivity index (χ4n) is 3.56. The number of para-hydroxylation sites is 1. The second-order valence-corrected chi connectivity index (χ2v) is 7.47. The molecule has 1 amide bonds. The van der Waals surface area contributed by atoms with Crippen LogP contribution in [0.4, 0.5) is 0 Å². The summed E-state index contributed by atoms with van der Waals surface area (Å²) in [7, 11) is 0. The molecule has 2 aliphatic rings. The molecule has 2 aliphatic heterocycles. The highest BCUT2D eigenvalue weighted by atomic mass is 16.5. The molecule has 0 radical (unpaired) electrons. The Balaban J connectivity index is 1.61. The van der Waals surface area contributed by atoms with Crippen molar-refractivity contribution in [2.45, 2.75) is 50.8 Å². The molecule has 7 nitrogen and oxygen atoms in total. The molecule has 1 aromatic carbocycles. The maximum atomic E-state index is 12.7. The lowest BCUT2D eigenvalue weighted by atomic mass is 9.90. The molecule has 3 N–H and O–H groups in total. The minimum Gasteiger partial charge on any atom is -0.478 e. The van der Waals surface area contributed by atoms with Crippen LogP contribution in [0.3, 0.4) is 0 Å². The van der Waals surface area contributed by atoms with Gasteiger partial charge in [-0.05, 0) is 24.5 Å². The van der Waals surface area contributed by atoms with Crippen LogP contribution in [0.25, 0.3) is 0 Å². The van der Waals surface area contributed by atoms with Gasteiger partial charge in [-0.2, -0.15) is 0 Å². The first kappa shape index (κ1) is 18.7. The Labute approximate surface area is 153 Å². The van der Waals surface area contributed by atoms with Crippen molar-refractivity contribution in [3.8, 4) is 5.75 Å². The van der Waals surface area contributed by atoms with Crippen LogP contribution in [0.2, 0.25) is 0 Å². The second kappa shape index (κ2) is 7.63. The van der Waals surface area contributed by atoms with Gasteiger partial charge in [0, 0.05) is 32.0 Å². The summed E-state index contributed by atoms with van der Waals surface area (Å²) in [6, 6.07) is 9.00. The van der Waals surface area contributed by atoms with Gasteiger partial charge in [-0.25, -0.2) is 10.2 Å². The molecule has 0 spiro atoms. The van der Waals surface area contributed by atoms with Gasteiger partial charge in [0.05, 0.1) is 0 Å². The minimum atomic E-state index is -1.28. The van der Waals surface area contributed by atoms with Gasteiger partial charge in [-0.3, -0.25) is 10.2 Å². The third-order valence-corrected chi connectivity index (χ3v) is 5.36. The van der Waals surface area contributed by atoms with Crippen LogP contribution < -0.4 is 15.6 Å². The topological polar surface area (TPSA) is 90.9 Å². The first-order chi connectivity index (χ1) is 12.4. The van der Waals surface area contributed by atoms with Gasteiger partial charge < -0.3 is 14.7 Å².